The molecular formula is C34H31FN12O3. The Kier molecular flexibility index (Phi) is 10.2. The number of aryl methyl sites for hydroxylation is 1. The van der Waals surface area contributed by atoms with Gasteiger partial charge in [0.2, 0.25) is 23.7 Å². The maximum atomic E-state index is 13.6. The van der Waals surface area contributed by atoms with E-state index in [0.717, 1.165) is 11.0 Å². The van der Waals surface area contributed by atoms with E-state index >= 15 is 0 Å². The molecule has 0 spiro atoms. The van der Waals surface area contributed by atoms with Crippen LogP contribution >= 0.6 is 0 Å². The number of benzene rings is 2. The average molecular weight is 675 g/mol. The minimum Gasteiger partial charge on any atom is -0.494 e. The van der Waals surface area contributed by atoms with Gasteiger partial charge in [-0.3, -0.25) is 40.4 Å². The molecule has 0 fully saturated rings. The number of methoxy groups -OCH3 is 1. The van der Waals surface area contributed by atoms with Crippen molar-refractivity contribution in [3.05, 3.63) is 109 Å². The van der Waals surface area contributed by atoms with E-state index in [0.29, 0.717) is 35.0 Å². The lowest BCUT2D eigenvalue weighted by atomic mass is 10.1. The lowest BCUT2D eigenvalue weighted by molar-refractivity contribution is -0.119. The molecule has 50 heavy (non-hydrogen) atoms. The summed E-state index contributed by atoms with van der Waals surface area (Å²) in [4.78, 5) is 45.6. The van der Waals surface area contributed by atoms with E-state index in [1.165, 1.54) is 19.2 Å². The second kappa shape index (κ2) is 15.4. The van der Waals surface area contributed by atoms with E-state index < -0.39 is 11.9 Å². The van der Waals surface area contributed by atoms with E-state index in [1.54, 1.807) is 43.8 Å². The van der Waals surface area contributed by atoms with Crippen LogP contribution < -0.4 is 15.4 Å². The number of rotatable bonds is 10. The highest BCUT2D eigenvalue weighted by Crippen LogP contribution is 2.20. The molecule has 0 aliphatic carbocycles. The van der Waals surface area contributed by atoms with Crippen molar-refractivity contribution < 1.29 is 18.7 Å². The summed E-state index contributed by atoms with van der Waals surface area (Å²) in [6.45, 7) is 1.80. The number of hydrogen-bond donors (Lipinski definition) is 4. The Morgan fingerprint density at radius 3 is 2.10 bits per heavy atom. The third-order valence-corrected chi connectivity index (χ3v) is 7.41. The Morgan fingerprint density at radius 1 is 0.840 bits per heavy atom. The maximum Gasteiger partial charge on any atom is 0.249 e. The Balaban J connectivity index is 0.000000173. The van der Waals surface area contributed by atoms with Crippen LogP contribution in [0.3, 0.4) is 0 Å². The predicted octanol–water partition coefficient (Wildman–Crippen LogP) is 5.00. The van der Waals surface area contributed by atoms with Gasteiger partial charge in [-0.15, -0.1) is 10.2 Å². The van der Waals surface area contributed by atoms with Crippen molar-refractivity contribution in [3.8, 4) is 28.8 Å². The minimum atomic E-state index is -0.454. The number of hydrogen-bond acceptors (Lipinski definition) is 10. The third-order valence-electron chi connectivity index (χ3n) is 7.41. The molecule has 15 nitrogen and oxygen atoms in total. The smallest absolute Gasteiger partial charge is 0.249 e. The third kappa shape index (κ3) is 7.99. The van der Waals surface area contributed by atoms with Crippen molar-refractivity contribution in [3.63, 3.8) is 0 Å². The molecule has 2 amide bonds. The van der Waals surface area contributed by atoms with E-state index in [9.17, 15) is 14.0 Å². The number of ether oxygens (including phenoxy) is 1. The number of carbonyl (C=O) groups is 2. The zero-order chi connectivity index (χ0) is 34.9. The largest absolute Gasteiger partial charge is 0.494 e. The van der Waals surface area contributed by atoms with Gasteiger partial charge in [0.1, 0.15) is 17.4 Å². The fourth-order valence-corrected chi connectivity index (χ4v) is 4.81. The van der Waals surface area contributed by atoms with Crippen LogP contribution in [0.4, 0.5) is 16.3 Å². The SMILES string of the molecule is CC(C(=O)Nc1n[nH]c(-c2ccccn2)n1)n1cnc2ccccc21.COc1ccc(CCC(=O)Nc2n[nH]c(-c3ccccn3)n2)cc1F. The van der Waals surface area contributed by atoms with Gasteiger partial charge in [0.25, 0.3) is 0 Å². The van der Waals surface area contributed by atoms with Gasteiger partial charge in [-0.1, -0.05) is 30.3 Å². The molecule has 252 valence electrons. The molecule has 5 heterocycles. The number of H-pyrrole nitrogens is 2. The van der Waals surface area contributed by atoms with Gasteiger partial charge >= 0.3 is 0 Å². The number of aromatic nitrogens is 10. The molecule has 4 N–H and O–H groups in total. The molecule has 0 aliphatic rings. The highest BCUT2D eigenvalue weighted by atomic mass is 19.1. The molecule has 1 unspecified atom stereocenters. The molecule has 7 rings (SSSR count). The van der Waals surface area contributed by atoms with Crippen molar-refractivity contribution in [1.29, 1.82) is 0 Å². The number of pyridine rings is 2. The standard InChI is InChI=1S/C17H16FN5O2.C17H15N7O/c1-25-14-7-5-11(10-12(14)18)6-8-15(24)20-17-21-16(22-23-17)13-4-2-3-9-19-13;1-11(24-10-19-12-6-2-3-8-14(12)24)16(25)21-17-20-15(22-23-17)13-7-4-5-9-18-13/h2-5,7,9-10H,6,8H2,1H3,(H2,20,21,22,23,24);2-11H,1H3,(H2,20,21,22,23,25). The maximum absolute atomic E-state index is 13.6. The highest BCUT2D eigenvalue weighted by Gasteiger charge is 2.19. The molecule has 1 atom stereocenters. The normalized spacial score (nSPS) is 11.3. The summed E-state index contributed by atoms with van der Waals surface area (Å²) in [6, 6.07) is 22.7. The molecule has 0 saturated carbocycles. The quantitative estimate of drug-likeness (QED) is 0.153. The molecule has 0 aliphatic heterocycles. The van der Waals surface area contributed by atoms with Gasteiger partial charge < -0.3 is 9.30 Å². The monoisotopic (exact) mass is 674 g/mol. The van der Waals surface area contributed by atoms with Crippen molar-refractivity contribution in [2.75, 3.05) is 17.7 Å². The number of imidazole rings is 1. The minimum absolute atomic E-state index is 0.173. The van der Waals surface area contributed by atoms with E-state index in [-0.39, 0.29) is 35.9 Å². The lowest BCUT2D eigenvalue weighted by Gasteiger charge is -2.12. The molecular weight excluding hydrogens is 643 g/mol. The number of fused-ring (bicyclic) bond motifs is 1. The van der Waals surface area contributed by atoms with Gasteiger partial charge in [0.05, 0.1) is 24.5 Å². The molecule has 5 aromatic heterocycles. The first-order chi connectivity index (χ1) is 24.4. The zero-order valence-electron chi connectivity index (χ0n) is 26.9. The highest BCUT2D eigenvalue weighted by molar-refractivity contribution is 5.93. The Labute approximate surface area is 284 Å². The number of halogens is 1. The van der Waals surface area contributed by atoms with E-state index in [2.05, 4.69) is 55.9 Å². The van der Waals surface area contributed by atoms with Crippen LogP contribution in [0.25, 0.3) is 34.1 Å². The number of anilines is 2. The summed E-state index contributed by atoms with van der Waals surface area (Å²) in [5, 5.41) is 18.8. The van der Waals surface area contributed by atoms with Crippen molar-refractivity contribution >= 4 is 34.7 Å². The molecule has 7 aromatic rings. The zero-order valence-corrected chi connectivity index (χ0v) is 26.9. The first-order valence-corrected chi connectivity index (χ1v) is 15.4. The van der Waals surface area contributed by atoms with Gasteiger partial charge in [-0.2, -0.15) is 9.97 Å². The van der Waals surface area contributed by atoms with Gasteiger partial charge in [-0.25, -0.2) is 9.37 Å². The van der Waals surface area contributed by atoms with Gasteiger partial charge in [0, 0.05) is 18.8 Å². The van der Waals surface area contributed by atoms with Crippen molar-refractivity contribution in [2.45, 2.75) is 25.8 Å². The number of para-hydroxylation sites is 2. The second-order valence-corrected chi connectivity index (χ2v) is 10.8. The van der Waals surface area contributed by atoms with Crippen LogP contribution in [0.1, 0.15) is 24.9 Å². The fourth-order valence-electron chi connectivity index (χ4n) is 4.81. The number of nitrogens with zero attached hydrogens (tertiary/aromatic N) is 8. The fraction of sp³-hybridized carbons (Fsp3) is 0.147. The average Bonchev–Trinajstić information content (AvgIpc) is 3.92. The summed E-state index contributed by atoms with van der Waals surface area (Å²) < 4.78 is 20.3. The van der Waals surface area contributed by atoms with Crippen LogP contribution in [-0.2, 0) is 16.0 Å². The predicted molar refractivity (Wildman–Crippen MR) is 182 cm³/mol. The lowest BCUT2D eigenvalue weighted by Crippen LogP contribution is -2.23. The number of aromatic amines is 2. The van der Waals surface area contributed by atoms with Crippen molar-refractivity contribution in [1.82, 2.24) is 49.9 Å². The van der Waals surface area contributed by atoms with Gasteiger partial charge in [-0.05, 0) is 67.4 Å². The Hall–Kier alpha value is -6.84. The number of nitrogens with one attached hydrogen (secondary N) is 4. The molecule has 0 saturated heterocycles. The molecule has 16 heteroatoms. The molecule has 0 radical (unpaired) electrons. The summed E-state index contributed by atoms with van der Waals surface area (Å²) >= 11 is 0. The van der Waals surface area contributed by atoms with E-state index in [4.69, 9.17) is 4.74 Å². The molecule has 0 bridgehead atoms. The summed E-state index contributed by atoms with van der Waals surface area (Å²) in [5.74, 6) is 0.584. The Morgan fingerprint density at radius 2 is 1.48 bits per heavy atom. The summed E-state index contributed by atoms with van der Waals surface area (Å²) in [5.41, 5.74) is 3.73. The van der Waals surface area contributed by atoms with Crippen LogP contribution in [0, 0.1) is 5.82 Å². The first-order valence-electron chi connectivity index (χ1n) is 15.4. The van der Waals surface area contributed by atoms with Crippen LogP contribution in [0.2, 0.25) is 0 Å². The number of amides is 2. The van der Waals surface area contributed by atoms with Gasteiger partial charge in [0.15, 0.2) is 23.2 Å². The number of carbonyl (C=O) groups excluding carboxylic acids is 2. The first kappa shape index (κ1) is 33.1. The topological polar surface area (TPSA) is 194 Å². The summed E-state index contributed by atoms with van der Waals surface area (Å²) in [6.07, 6.45) is 5.54. The van der Waals surface area contributed by atoms with Crippen LogP contribution in [0.5, 0.6) is 5.75 Å². The Bertz CT molecular complexity index is 2200. The van der Waals surface area contributed by atoms with Crippen LogP contribution in [-0.4, -0.2) is 68.8 Å². The van der Waals surface area contributed by atoms with Crippen LogP contribution in [0.15, 0.2) is 97.6 Å². The molecule has 2 aromatic carbocycles. The van der Waals surface area contributed by atoms with E-state index in [1.807, 2.05) is 53.1 Å². The summed E-state index contributed by atoms with van der Waals surface area (Å²) in [7, 11) is 1.40. The van der Waals surface area contributed by atoms with Crippen molar-refractivity contribution in [2.24, 2.45) is 0 Å². The second-order valence-electron chi connectivity index (χ2n) is 10.8.